The zero-order valence-corrected chi connectivity index (χ0v) is 13.1. The number of Topliss-reactive ketones (excluding diaryl/α,β-unsaturated/α-hetero) is 1. The molecule has 0 spiro atoms. The summed E-state index contributed by atoms with van der Waals surface area (Å²) in [4.78, 5) is 12.3. The Kier molecular flexibility index (Phi) is 4.86. The molecule has 0 saturated heterocycles. The number of carbonyl (C=O) groups excluding carboxylic acids is 1. The van der Waals surface area contributed by atoms with Crippen LogP contribution in [0.25, 0.3) is 0 Å². The Morgan fingerprint density at radius 3 is 2.25 bits per heavy atom. The van der Waals surface area contributed by atoms with E-state index in [2.05, 4.69) is 0 Å². The molecule has 110 valence electrons. The third kappa shape index (κ3) is 3.23. The summed E-state index contributed by atoms with van der Waals surface area (Å²) in [7, 11) is -3.40. The van der Waals surface area contributed by atoms with Gasteiger partial charge < -0.3 is 0 Å². The van der Waals surface area contributed by atoms with Crippen molar-refractivity contribution in [2.24, 2.45) is 0 Å². The second-order valence-corrected chi connectivity index (χ2v) is 8.35. The summed E-state index contributed by atoms with van der Waals surface area (Å²) in [5.74, 6) is -0.341. The maximum atomic E-state index is 12.5. The Bertz CT molecular complexity index is 572. The van der Waals surface area contributed by atoms with E-state index >= 15 is 0 Å². The zero-order chi connectivity index (χ0) is 14.8. The van der Waals surface area contributed by atoms with E-state index in [1.54, 1.807) is 24.3 Å². The Balaban J connectivity index is 2.18. The molecule has 2 rings (SSSR count). The Labute approximate surface area is 125 Å². The largest absolute Gasteiger partial charge is 0.293 e. The van der Waals surface area contributed by atoms with Gasteiger partial charge in [0.05, 0.1) is 5.25 Å². The molecule has 0 heterocycles. The number of sulfone groups is 1. The minimum absolute atomic E-state index is 0.341. The van der Waals surface area contributed by atoms with E-state index in [0.717, 1.165) is 19.3 Å². The van der Waals surface area contributed by atoms with E-state index in [4.69, 9.17) is 11.6 Å². The number of ketones is 1. The van der Waals surface area contributed by atoms with Crippen molar-refractivity contribution in [2.45, 2.75) is 49.5 Å². The molecule has 0 aliphatic heterocycles. The minimum atomic E-state index is -3.40. The smallest absolute Gasteiger partial charge is 0.180 e. The van der Waals surface area contributed by atoms with Crippen molar-refractivity contribution < 1.29 is 13.2 Å². The van der Waals surface area contributed by atoms with Gasteiger partial charge in [-0.05, 0) is 44.0 Å². The maximum Gasteiger partial charge on any atom is 0.180 e. The molecule has 1 atom stereocenters. The summed E-state index contributed by atoms with van der Waals surface area (Å²) in [6.45, 7) is 1.50. The highest BCUT2D eigenvalue weighted by atomic mass is 35.5. The monoisotopic (exact) mass is 314 g/mol. The first kappa shape index (κ1) is 15.5. The highest BCUT2D eigenvalue weighted by Crippen LogP contribution is 2.27. The second kappa shape index (κ2) is 6.27. The average Bonchev–Trinajstić information content (AvgIpc) is 2.47. The van der Waals surface area contributed by atoms with Gasteiger partial charge in [0.2, 0.25) is 0 Å². The Hall–Kier alpha value is -0.870. The van der Waals surface area contributed by atoms with Crippen LogP contribution in [0.2, 0.25) is 5.02 Å². The summed E-state index contributed by atoms with van der Waals surface area (Å²) < 4.78 is 25.0. The van der Waals surface area contributed by atoms with Crippen LogP contribution in [-0.2, 0) is 9.84 Å². The van der Waals surface area contributed by atoms with Gasteiger partial charge in [-0.1, -0.05) is 30.9 Å². The fourth-order valence-corrected chi connectivity index (χ4v) is 4.81. The van der Waals surface area contributed by atoms with Crippen LogP contribution in [0.1, 0.15) is 49.4 Å². The highest BCUT2D eigenvalue weighted by Gasteiger charge is 2.36. The third-order valence-corrected chi connectivity index (χ3v) is 6.86. The van der Waals surface area contributed by atoms with Crippen LogP contribution in [-0.4, -0.2) is 24.7 Å². The Morgan fingerprint density at radius 2 is 1.70 bits per heavy atom. The lowest BCUT2D eigenvalue weighted by atomic mass is 10.0. The van der Waals surface area contributed by atoms with Gasteiger partial charge in [0.1, 0.15) is 5.25 Å². The van der Waals surface area contributed by atoms with E-state index < -0.39 is 15.1 Å². The highest BCUT2D eigenvalue weighted by molar-refractivity contribution is 7.93. The molecule has 0 amide bonds. The van der Waals surface area contributed by atoms with Gasteiger partial charge in [0.25, 0.3) is 0 Å². The van der Waals surface area contributed by atoms with Crippen molar-refractivity contribution in [1.82, 2.24) is 0 Å². The maximum absolute atomic E-state index is 12.5. The predicted octanol–water partition coefficient (Wildman–Crippen LogP) is 3.66. The van der Waals surface area contributed by atoms with Crippen LogP contribution in [0.15, 0.2) is 24.3 Å². The lowest BCUT2D eigenvalue weighted by Gasteiger charge is -2.24. The summed E-state index contributed by atoms with van der Waals surface area (Å²) in [6.07, 6.45) is 4.32. The normalized spacial score (nSPS) is 18.7. The molecule has 0 aromatic heterocycles. The third-order valence-electron chi connectivity index (χ3n) is 4.01. The molecule has 20 heavy (non-hydrogen) atoms. The molecule has 1 aromatic rings. The molecule has 0 bridgehead atoms. The first-order valence-electron chi connectivity index (χ1n) is 6.95. The number of rotatable bonds is 4. The van der Waals surface area contributed by atoms with Gasteiger partial charge in [-0.2, -0.15) is 0 Å². The Morgan fingerprint density at radius 1 is 1.15 bits per heavy atom. The molecule has 0 N–H and O–H groups in total. The van der Waals surface area contributed by atoms with Crippen LogP contribution >= 0.6 is 11.6 Å². The van der Waals surface area contributed by atoms with Crippen molar-refractivity contribution in [3.05, 3.63) is 34.9 Å². The molecule has 1 aliphatic rings. The van der Waals surface area contributed by atoms with Crippen LogP contribution in [0.5, 0.6) is 0 Å². The number of hydrogen-bond donors (Lipinski definition) is 0. The second-order valence-electron chi connectivity index (χ2n) is 5.36. The van der Waals surface area contributed by atoms with Crippen molar-refractivity contribution in [3.63, 3.8) is 0 Å². The molecule has 0 radical (unpaired) electrons. The van der Waals surface area contributed by atoms with Crippen LogP contribution < -0.4 is 0 Å². The van der Waals surface area contributed by atoms with E-state index in [1.165, 1.54) is 6.92 Å². The van der Waals surface area contributed by atoms with Crippen molar-refractivity contribution >= 4 is 27.2 Å². The molecular formula is C15H19ClO3S. The molecule has 1 unspecified atom stereocenters. The quantitative estimate of drug-likeness (QED) is 0.797. The van der Waals surface area contributed by atoms with Gasteiger partial charge in [-0.25, -0.2) is 8.42 Å². The molecular weight excluding hydrogens is 296 g/mol. The van der Waals surface area contributed by atoms with Crippen molar-refractivity contribution in [1.29, 1.82) is 0 Å². The van der Waals surface area contributed by atoms with E-state index in [9.17, 15) is 13.2 Å². The molecule has 1 fully saturated rings. The summed E-state index contributed by atoms with van der Waals surface area (Å²) in [5, 5.41) is -0.807. The fraction of sp³-hybridized carbons (Fsp3) is 0.533. The van der Waals surface area contributed by atoms with Crippen LogP contribution in [0, 0.1) is 0 Å². The number of benzene rings is 1. The number of carbonyl (C=O) groups is 1. The van der Waals surface area contributed by atoms with Crippen LogP contribution in [0.4, 0.5) is 0 Å². The van der Waals surface area contributed by atoms with Gasteiger partial charge in [-0.3, -0.25) is 4.79 Å². The SMILES string of the molecule is CC(C(=O)c1ccc(Cl)cc1)S(=O)(=O)C1CCCCC1. The lowest BCUT2D eigenvalue weighted by molar-refractivity contribution is 0.0991. The summed E-state index contributed by atoms with van der Waals surface area (Å²) >= 11 is 5.78. The molecule has 3 nitrogen and oxygen atoms in total. The van der Waals surface area contributed by atoms with Crippen molar-refractivity contribution in [2.75, 3.05) is 0 Å². The van der Waals surface area contributed by atoms with Gasteiger partial charge in [-0.15, -0.1) is 0 Å². The van der Waals surface area contributed by atoms with Gasteiger partial charge in [0, 0.05) is 10.6 Å². The molecule has 1 saturated carbocycles. The van der Waals surface area contributed by atoms with Crippen LogP contribution in [0.3, 0.4) is 0 Å². The molecule has 1 aromatic carbocycles. The average molecular weight is 315 g/mol. The lowest BCUT2D eigenvalue weighted by Crippen LogP contribution is -2.36. The standard InChI is InChI=1S/C15H19ClO3S/c1-11(15(17)12-7-9-13(16)10-8-12)20(18,19)14-5-3-2-4-6-14/h7-11,14H,2-6H2,1H3. The number of hydrogen-bond acceptors (Lipinski definition) is 3. The summed E-state index contributed by atoms with van der Waals surface area (Å²) in [5.41, 5.74) is 0.404. The van der Waals surface area contributed by atoms with Crippen molar-refractivity contribution in [3.8, 4) is 0 Å². The molecule has 5 heteroatoms. The first-order valence-corrected chi connectivity index (χ1v) is 8.94. The van der Waals surface area contributed by atoms with E-state index in [-0.39, 0.29) is 11.0 Å². The minimum Gasteiger partial charge on any atom is -0.293 e. The summed E-state index contributed by atoms with van der Waals surface area (Å²) in [6, 6.07) is 6.37. The van der Waals surface area contributed by atoms with Gasteiger partial charge in [0.15, 0.2) is 15.6 Å². The topological polar surface area (TPSA) is 51.2 Å². The number of halogens is 1. The zero-order valence-electron chi connectivity index (χ0n) is 11.5. The predicted molar refractivity (Wildman–Crippen MR) is 81.0 cm³/mol. The van der Waals surface area contributed by atoms with E-state index in [1.807, 2.05) is 0 Å². The van der Waals surface area contributed by atoms with Gasteiger partial charge >= 0.3 is 0 Å². The molecule has 1 aliphatic carbocycles. The first-order chi connectivity index (χ1) is 9.43. The fourth-order valence-electron chi connectivity index (χ4n) is 2.68. The van der Waals surface area contributed by atoms with E-state index in [0.29, 0.717) is 23.4 Å².